The van der Waals surface area contributed by atoms with Crippen LogP contribution in [-0.4, -0.2) is 16.5 Å². The zero-order valence-electron chi connectivity index (χ0n) is 10.4. The molecule has 0 unspecified atom stereocenters. The third-order valence-electron chi connectivity index (χ3n) is 2.57. The number of thiocarbonyl (C=S) groups is 1. The van der Waals surface area contributed by atoms with E-state index in [-0.39, 0.29) is 0 Å². The van der Waals surface area contributed by atoms with E-state index < -0.39 is 0 Å². The van der Waals surface area contributed by atoms with Crippen LogP contribution < -0.4 is 11.1 Å². The second-order valence-electron chi connectivity index (χ2n) is 4.12. The quantitative estimate of drug-likeness (QED) is 0.805. The van der Waals surface area contributed by atoms with Gasteiger partial charge >= 0.3 is 0 Å². The van der Waals surface area contributed by atoms with Crippen LogP contribution in [0.5, 0.6) is 0 Å². The van der Waals surface area contributed by atoms with Crippen molar-refractivity contribution in [3.8, 4) is 0 Å². The second-order valence-corrected chi connectivity index (χ2v) is 6.36. The summed E-state index contributed by atoms with van der Waals surface area (Å²) < 4.78 is 0.966. The normalized spacial score (nSPS) is 10.4. The zero-order valence-corrected chi connectivity index (χ0v) is 13.7. The number of hydrogen-bond acceptors (Lipinski definition) is 4. The van der Waals surface area contributed by atoms with Crippen molar-refractivity contribution in [1.29, 1.82) is 0 Å². The fourth-order valence-electron chi connectivity index (χ4n) is 1.63. The van der Waals surface area contributed by atoms with Gasteiger partial charge in [-0.3, -0.25) is 0 Å². The van der Waals surface area contributed by atoms with Gasteiger partial charge in [0, 0.05) is 39.8 Å². The molecule has 0 aliphatic rings. The average Bonchev–Trinajstić information content (AvgIpc) is 2.77. The molecule has 100 valence electrons. The summed E-state index contributed by atoms with van der Waals surface area (Å²) in [5.41, 5.74) is 8.58. The van der Waals surface area contributed by atoms with Crippen molar-refractivity contribution >= 4 is 50.2 Å². The molecular weight excluding hydrogens is 342 g/mol. The molecule has 0 atom stereocenters. The molecule has 3 nitrogen and oxygen atoms in total. The predicted octanol–water partition coefficient (Wildman–Crippen LogP) is 3.50. The van der Waals surface area contributed by atoms with Gasteiger partial charge in [-0.2, -0.15) is 0 Å². The monoisotopic (exact) mass is 355 g/mol. The van der Waals surface area contributed by atoms with Gasteiger partial charge in [0.2, 0.25) is 0 Å². The maximum absolute atomic E-state index is 5.59. The van der Waals surface area contributed by atoms with E-state index in [0.717, 1.165) is 39.4 Å². The van der Waals surface area contributed by atoms with Gasteiger partial charge in [0.25, 0.3) is 0 Å². The summed E-state index contributed by atoms with van der Waals surface area (Å²) in [5, 5.41) is 6.60. The highest BCUT2D eigenvalue weighted by molar-refractivity contribution is 9.10. The molecule has 0 fully saturated rings. The van der Waals surface area contributed by atoms with Gasteiger partial charge < -0.3 is 11.1 Å². The lowest BCUT2D eigenvalue weighted by Gasteiger charge is -2.09. The van der Waals surface area contributed by atoms with E-state index in [1.54, 1.807) is 11.3 Å². The molecule has 0 spiro atoms. The van der Waals surface area contributed by atoms with Crippen LogP contribution in [0.1, 0.15) is 16.3 Å². The predicted molar refractivity (Wildman–Crippen MR) is 89.1 cm³/mol. The Hall–Kier alpha value is -0.980. The standard InChI is InChI=1S/C13H14BrN3S2/c1-8-7-19-12(17-8)4-5-16-11-3-2-9(13(15)18)6-10(11)14/h2-3,6-7,16H,4-5H2,1H3,(H2,15,18). The van der Waals surface area contributed by atoms with Crippen LogP contribution in [0.4, 0.5) is 5.69 Å². The largest absolute Gasteiger partial charge is 0.389 e. The average molecular weight is 356 g/mol. The fraction of sp³-hybridized carbons (Fsp3) is 0.231. The Kier molecular flexibility index (Phi) is 4.90. The Morgan fingerprint density at radius 3 is 2.89 bits per heavy atom. The van der Waals surface area contributed by atoms with Gasteiger partial charge in [-0.05, 0) is 41.1 Å². The molecule has 2 aromatic rings. The van der Waals surface area contributed by atoms with E-state index in [9.17, 15) is 0 Å². The number of aromatic nitrogens is 1. The fourth-order valence-corrected chi connectivity index (χ4v) is 3.06. The first-order chi connectivity index (χ1) is 9.06. The first kappa shape index (κ1) is 14.4. The van der Waals surface area contributed by atoms with E-state index in [1.165, 1.54) is 0 Å². The number of nitrogens with one attached hydrogen (secondary N) is 1. The minimum absolute atomic E-state index is 0.408. The summed E-state index contributed by atoms with van der Waals surface area (Å²) >= 11 is 10.2. The highest BCUT2D eigenvalue weighted by Crippen LogP contribution is 2.23. The van der Waals surface area contributed by atoms with Crippen molar-refractivity contribution in [2.75, 3.05) is 11.9 Å². The highest BCUT2D eigenvalue weighted by atomic mass is 79.9. The van der Waals surface area contributed by atoms with E-state index in [1.807, 2.05) is 25.1 Å². The number of nitrogens with zero attached hydrogens (tertiary/aromatic N) is 1. The smallest absolute Gasteiger partial charge is 0.104 e. The topological polar surface area (TPSA) is 50.9 Å². The molecular formula is C13H14BrN3S2. The Labute approximate surface area is 130 Å². The molecule has 19 heavy (non-hydrogen) atoms. The molecule has 0 saturated heterocycles. The lowest BCUT2D eigenvalue weighted by atomic mass is 10.2. The van der Waals surface area contributed by atoms with Crippen LogP contribution in [0.2, 0.25) is 0 Å². The molecule has 1 heterocycles. The van der Waals surface area contributed by atoms with Crippen LogP contribution >= 0.6 is 39.5 Å². The maximum Gasteiger partial charge on any atom is 0.104 e. The molecule has 6 heteroatoms. The summed E-state index contributed by atoms with van der Waals surface area (Å²) in [6.45, 7) is 2.86. The summed E-state index contributed by atoms with van der Waals surface area (Å²) in [4.78, 5) is 4.84. The van der Waals surface area contributed by atoms with Gasteiger partial charge in [0.05, 0.1) is 5.01 Å². The summed E-state index contributed by atoms with van der Waals surface area (Å²) in [5.74, 6) is 0. The first-order valence-corrected chi connectivity index (χ1v) is 7.88. The van der Waals surface area contributed by atoms with Crippen molar-refractivity contribution in [3.63, 3.8) is 0 Å². The Morgan fingerprint density at radius 2 is 2.32 bits per heavy atom. The number of anilines is 1. The Morgan fingerprint density at radius 1 is 1.53 bits per heavy atom. The summed E-state index contributed by atoms with van der Waals surface area (Å²) in [6.07, 6.45) is 0.919. The maximum atomic E-state index is 5.59. The molecule has 0 saturated carbocycles. The number of rotatable bonds is 5. The SMILES string of the molecule is Cc1csc(CCNc2ccc(C(N)=S)cc2Br)n1. The van der Waals surface area contributed by atoms with Crippen molar-refractivity contribution in [3.05, 3.63) is 44.3 Å². The minimum atomic E-state index is 0.408. The Bertz CT molecular complexity index is 595. The lowest BCUT2D eigenvalue weighted by Crippen LogP contribution is -2.10. The van der Waals surface area contributed by atoms with Gasteiger partial charge in [-0.15, -0.1) is 11.3 Å². The highest BCUT2D eigenvalue weighted by Gasteiger charge is 2.04. The molecule has 0 aliphatic carbocycles. The van der Waals surface area contributed by atoms with Crippen molar-refractivity contribution in [1.82, 2.24) is 4.98 Å². The molecule has 0 aliphatic heterocycles. The van der Waals surface area contributed by atoms with E-state index in [2.05, 4.69) is 31.6 Å². The minimum Gasteiger partial charge on any atom is -0.389 e. The molecule has 1 aromatic heterocycles. The van der Waals surface area contributed by atoms with Gasteiger partial charge in [0.1, 0.15) is 4.99 Å². The number of benzene rings is 1. The van der Waals surface area contributed by atoms with Crippen LogP contribution in [0, 0.1) is 6.92 Å². The first-order valence-electron chi connectivity index (χ1n) is 5.80. The molecule has 1 aromatic carbocycles. The van der Waals surface area contributed by atoms with Crippen molar-refractivity contribution in [2.24, 2.45) is 5.73 Å². The summed E-state index contributed by atoms with van der Waals surface area (Å²) in [7, 11) is 0. The number of nitrogens with two attached hydrogens (primary N) is 1. The molecule has 0 bridgehead atoms. The van der Waals surface area contributed by atoms with Crippen LogP contribution in [0.25, 0.3) is 0 Å². The number of hydrogen-bond donors (Lipinski definition) is 2. The van der Waals surface area contributed by atoms with Crippen LogP contribution in [0.15, 0.2) is 28.1 Å². The van der Waals surface area contributed by atoms with Crippen molar-refractivity contribution in [2.45, 2.75) is 13.3 Å². The van der Waals surface area contributed by atoms with Gasteiger partial charge in [0.15, 0.2) is 0 Å². The number of aryl methyl sites for hydroxylation is 1. The third kappa shape index (κ3) is 3.99. The molecule has 2 rings (SSSR count). The van der Waals surface area contributed by atoms with Gasteiger partial charge in [-0.1, -0.05) is 12.2 Å². The Balaban J connectivity index is 1.94. The van der Waals surface area contributed by atoms with E-state index in [4.69, 9.17) is 18.0 Å². The summed E-state index contributed by atoms with van der Waals surface area (Å²) in [6, 6.07) is 5.83. The van der Waals surface area contributed by atoms with E-state index in [0.29, 0.717) is 4.99 Å². The number of thiazole rings is 1. The zero-order chi connectivity index (χ0) is 13.8. The van der Waals surface area contributed by atoms with Crippen molar-refractivity contribution < 1.29 is 0 Å². The third-order valence-corrected chi connectivity index (χ3v) is 4.49. The van der Waals surface area contributed by atoms with Crippen LogP contribution in [-0.2, 0) is 6.42 Å². The molecule has 3 N–H and O–H groups in total. The van der Waals surface area contributed by atoms with Crippen LogP contribution in [0.3, 0.4) is 0 Å². The van der Waals surface area contributed by atoms with Gasteiger partial charge in [-0.25, -0.2) is 4.98 Å². The van der Waals surface area contributed by atoms with E-state index >= 15 is 0 Å². The molecule has 0 amide bonds. The lowest BCUT2D eigenvalue weighted by molar-refractivity contribution is 0.986. The molecule has 0 radical (unpaired) electrons. The number of halogens is 1. The second kappa shape index (κ2) is 6.45.